The molecule has 0 aliphatic heterocycles. The molecule has 130 valence electrons. The average molecular weight is 354 g/mol. The van der Waals surface area contributed by atoms with Gasteiger partial charge in [-0.1, -0.05) is 36.4 Å². The number of hydrogen-bond acceptors (Lipinski definition) is 5. The number of carbonyl (C=O) groups is 1. The van der Waals surface area contributed by atoms with Crippen LogP contribution in [0.25, 0.3) is 0 Å². The molecule has 0 radical (unpaired) electrons. The number of rotatable bonds is 7. The maximum atomic E-state index is 10.9. The second-order valence-corrected chi connectivity index (χ2v) is 4.99. The lowest BCUT2D eigenvalue weighted by Gasteiger charge is -2.17. The van der Waals surface area contributed by atoms with Crippen molar-refractivity contribution in [3.63, 3.8) is 0 Å². The Morgan fingerprint density at radius 1 is 1.17 bits per heavy atom. The topological polar surface area (TPSA) is 102 Å². The highest BCUT2D eigenvalue weighted by atomic mass is 35.5. The maximum absolute atomic E-state index is 10.9. The van der Waals surface area contributed by atoms with Gasteiger partial charge in [0.15, 0.2) is 11.5 Å². The van der Waals surface area contributed by atoms with Gasteiger partial charge in [0.05, 0.1) is 7.11 Å². The quantitative estimate of drug-likeness (QED) is 0.704. The molecule has 2 aromatic rings. The summed E-state index contributed by atoms with van der Waals surface area (Å²) in [7, 11) is 1.47. The lowest BCUT2D eigenvalue weighted by Crippen LogP contribution is -2.36. The second-order valence-electron chi connectivity index (χ2n) is 4.99. The van der Waals surface area contributed by atoms with Crippen molar-refractivity contribution in [3.8, 4) is 11.5 Å². The van der Waals surface area contributed by atoms with Gasteiger partial charge in [-0.05, 0) is 23.3 Å². The van der Waals surface area contributed by atoms with E-state index < -0.39 is 18.1 Å². The van der Waals surface area contributed by atoms with Crippen LogP contribution < -0.4 is 15.2 Å². The standard InChI is InChI=1S/C17H19NO5.ClH/c1-22-14-9-12(16(19)15(18)17(20)21)7-8-13(14)23-10-11-5-3-2-4-6-11;/h2-9,15-16,19H,10,18H2,1H3,(H,20,21);1H/t15-,16+;/m0./s1. The first-order valence-electron chi connectivity index (χ1n) is 7.04. The molecule has 0 aromatic heterocycles. The van der Waals surface area contributed by atoms with Crippen LogP contribution in [0.4, 0.5) is 0 Å². The Morgan fingerprint density at radius 2 is 1.83 bits per heavy atom. The smallest absolute Gasteiger partial charge is 0.323 e. The number of aliphatic carboxylic acids is 1. The maximum Gasteiger partial charge on any atom is 0.323 e. The van der Waals surface area contributed by atoms with E-state index in [0.717, 1.165) is 5.56 Å². The lowest BCUT2D eigenvalue weighted by molar-refractivity contribution is -0.141. The van der Waals surface area contributed by atoms with E-state index in [1.807, 2.05) is 30.3 Å². The van der Waals surface area contributed by atoms with Gasteiger partial charge in [0.2, 0.25) is 0 Å². The Labute approximate surface area is 146 Å². The zero-order chi connectivity index (χ0) is 16.8. The highest BCUT2D eigenvalue weighted by Crippen LogP contribution is 2.31. The van der Waals surface area contributed by atoms with E-state index in [1.165, 1.54) is 13.2 Å². The molecule has 0 bridgehead atoms. The number of benzene rings is 2. The first-order valence-corrected chi connectivity index (χ1v) is 7.04. The van der Waals surface area contributed by atoms with Crippen LogP contribution in [0.3, 0.4) is 0 Å². The predicted molar refractivity (Wildman–Crippen MR) is 91.6 cm³/mol. The molecule has 2 atom stereocenters. The minimum absolute atomic E-state index is 0. The molecular formula is C17H20ClNO5. The molecule has 0 spiro atoms. The van der Waals surface area contributed by atoms with E-state index in [-0.39, 0.29) is 12.4 Å². The Balaban J connectivity index is 0.00000288. The molecule has 0 saturated carbocycles. The Morgan fingerprint density at radius 3 is 2.42 bits per heavy atom. The lowest BCUT2D eigenvalue weighted by atomic mass is 10.0. The molecule has 0 fully saturated rings. The number of carboxylic acids is 1. The second kappa shape index (κ2) is 9.12. The van der Waals surface area contributed by atoms with Crippen LogP contribution in [-0.2, 0) is 11.4 Å². The van der Waals surface area contributed by atoms with E-state index >= 15 is 0 Å². The van der Waals surface area contributed by atoms with Gasteiger partial charge in [0, 0.05) is 0 Å². The third kappa shape index (κ3) is 4.86. The highest BCUT2D eigenvalue weighted by molar-refractivity contribution is 5.85. The summed E-state index contributed by atoms with van der Waals surface area (Å²) in [4.78, 5) is 10.9. The SMILES string of the molecule is COc1cc([C@@H](O)[C@H](N)C(=O)O)ccc1OCc1ccccc1.Cl. The Bertz CT molecular complexity index is 665. The number of aliphatic hydroxyl groups excluding tert-OH is 1. The zero-order valence-electron chi connectivity index (χ0n) is 13.1. The van der Waals surface area contributed by atoms with Crippen molar-refractivity contribution in [1.29, 1.82) is 0 Å². The van der Waals surface area contributed by atoms with Crippen molar-refractivity contribution in [3.05, 3.63) is 59.7 Å². The van der Waals surface area contributed by atoms with Crippen molar-refractivity contribution in [2.24, 2.45) is 5.73 Å². The number of halogens is 1. The van der Waals surface area contributed by atoms with Gasteiger partial charge in [-0.2, -0.15) is 0 Å². The van der Waals surface area contributed by atoms with Crippen molar-refractivity contribution in [2.45, 2.75) is 18.8 Å². The van der Waals surface area contributed by atoms with E-state index in [2.05, 4.69) is 0 Å². The van der Waals surface area contributed by atoms with Crippen LogP contribution in [-0.4, -0.2) is 29.3 Å². The van der Waals surface area contributed by atoms with Crippen molar-refractivity contribution in [2.75, 3.05) is 7.11 Å². The van der Waals surface area contributed by atoms with Crippen molar-refractivity contribution in [1.82, 2.24) is 0 Å². The van der Waals surface area contributed by atoms with E-state index in [1.54, 1.807) is 12.1 Å². The first kappa shape index (κ1) is 19.8. The minimum atomic E-state index is -1.41. The summed E-state index contributed by atoms with van der Waals surface area (Å²) in [5, 5.41) is 18.8. The Kier molecular flexibility index (Phi) is 7.51. The van der Waals surface area contributed by atoms with Gasteiger partial charge < -0.3 is 25.4 Å². The third-order valence-corrected chi connectivity index (χ3v) is 3.39. The van der Waals surface area contributed by atoms with E-state index in [0.29, 0.717) is 23.7 Å². The molecule has 2 aromatic carbocycles. The molecule has 0 aliphatic carbocycles. The van der Waals surface area contributed by atoms with Crippen molar-refractivity contribution < 1.29 is 24.5 Å². The summed E-state index contributed by atoms with van der Waals surface area (Å²) in [6.07, 6.45) is -1.33. The highest BCUT2D eigenvalue weighted by Gasteiger charge is 2.24. The molecule has 0 aliphatic rings. The van der Waals surface area contributed by atoms with Crippen LogP contribution in [0.15, 0.2) is 48.5 Å². The van der Waals surface area contributed by atoms with Gasteiger partial charge in [-0.3, -0.25) is 4.79 Å². The molecule has 0 saturated heterocycles. The van der Waals surface area contributed by atoms with Gasteiger partial charge in [-0.25, -0.2) is 0 Å². The zero-order valence-corrected chi connectivity index (χ0v) is 13.9. The number of methoxy groups -OCH3 is 1. The van der Waals surface area contributed by atoms with Gasteiger partial charge in [-0.15, -0.1) is 12.4 Å². The molecule has 6 nitrogen and oxygen atoms in total. The predicted octanol–water partition coefficient (Wildman–Crippen LogP) is 2.14. The van der Waals surface area contributed by atoms with E-state index in [4.69, 9.17) is 20.3 Å². The summed E-state index contributed by atoms with van der Waals surface area (Å²) in [5.41, 5.74) is 6.79. The van der Waals surface area contributed by atoms with Gasteiger partial charge in [0.25, 0.3) is 0 Å². The molecule has 0 amide bonds. The molecule has 7 heteroatoms. The fourth-order valence-corrected chi connectivity index (χ4v) is 2.07. The van der Waals surface area contributed by atoms with E-state index in [9.17, 15) is 9.90 Å². The molecule has 0 heterocycles. The van der Waals surface area contributed by atoms with Gasteiger partial charge in [0.1, 0.15) is 18.8 Å². The number of ether oxygens (including phenoxy) is 2. The molecule has 4 N–H and O–H groups in total. The van der Waals surface area contributed by atoms with Crippen LogP contribution in [0.1, 0.15) is 17.2 Å². The fraction of sp³-hybridized carbons (Fsp3) is 0.235. The fourth-order valence-electron chi connectivity index (χ4n) is 2.07. The third-order valence-electron chi connectivity index (χ3n) is 3.39. The molecule has 2 rings (SSSR count). The summed E-state index contributed by atoms with van der Waals surface area (Å²) in [6.45, 7) is 0.369. The Hall–Kier alpha value is -2.28. The summed E-state index contributed by atoms with van der Waals surface area (Å²) in [5.74, 6) is -0.382. The normalized spacial score (nSPS) is 12.6. The van der Waals surface area contributed by atoms with Gasteiger partial charge >= 0.3 is 5.97 Å². The molecule has 24 heavy (non-hydrogen) atoms. The monoisotopic (exact) mass is 353 g/mol. The number of nitrogens with two attached hydrogens (primary N) is 1. The summed E-state index contributed by atoms with van der Waals surface area (Å²) >= 11 is 0. The molecule has 0 unspecified atom stereocenters. The minimum Gasteiger partial charge on any atom is -0.493 e. The molecular weight excluding hydrogens is 334 g/mol. The first-order chi connectivity index (χ1) is 11.0. The van der Waals surface area contributed by atoms with Crippen LogP contribution in [0.5, 0.6) is 11.5 Å². The average Bonchev–Trinajstić information content (AvgIpc) is 2.59. The number of carboxylic acid groups (broad SMARTS) is 1. The largest absolute Gasteiger partial charge is 0.493 e. The van der Waals surface area contributed by atoms with Crippen LogP contribution >= 0.6 is 12.4 Å². The van der Waals surface area contributed by atoms with Crippen molar-refractivity contribution >= 4 is 18.4 Å². The number of aliphatic hydroxyl groups is 1. The number of hydrogen-bond donors (Lipinski definition) is 3. The summed E-state index contributed by atoms with van der Waals surface area (Å²) < 4.78 is 10.9. The van der Waals surface area contributed by atoms with Crippen LogP contribution in [0, 0.1) is 0 Å². The van der Waals surface area contributed by atoms with Crippen LogP contribution in [0.2, 0.25) is 0 Å². The summed E-state index contributed by atoms with van der Waals surface area (Å²) in [6, 6.07) is 12.9.